The van der Waals surface area contributed by atoms with Crippen LogP contribution in [-0.2, 0) is 0 Å². The summed E-state index contributed by atoms with van der Waals surface area (Å²) >= 11 is 0. The van der Waals surface area contributed by atoms with E-state index in [9.17, 15) is 4.79 Å². The number of pyridine rings is 1. The number of carbonyl (C=O) groups is 1. The van der Waals surface area contributed by atoms with Gasteiger partial charge in [0, 0.05) is 30.9 Å². The zero-order valence-corrected chi connectivity index (χ0v) is 13.1. The quantitative estimate of drug-likeness (QED) is 0.693. The number of rotatable bonds is 4. The summed E-state index contributed by atoms with van der Waals surface area (Å²) in [5.41, 5.74) is 8.27. The van der Waals surface area contributed by atoms with Gasteiger partial charge in [0.2, 0.25) is 5.78 Å². The van der Waals surface area contributed by atoms with Crippen molar-refractivity contribution in [2.75, 3.05) is 18.8 Å². The second kappa shape index (κ2) is 7.09. The summed E-state index contributed by atoms with van der Waals surface area (Å²) in [4.78, 5) is 18.7. The molecule has 2 aromatic rings. The van der Waals surface area contributed by atoms with E-state index >= 15 is 0 Å². The summed E-state index contributed by atoms with van der Waals surface area (Å²) < 4.78 is 0. The van der Waals surface area contributed by atoms with Gasteiger partial charge in [-0.2, -0.15) is 0 Å². The van der Waals surface area contributed by atoms with E-state index in [1.165, 1.54) is 19.3 Å². The van der Waals surface area contributed by atoms with Crippen LogP contribution in [0.5, 0.6) is 0 Å². The van der Waals surface area contributed by atoms with E-state index < -0.39 is 0 Å². The molecule has 2 N–H and O–H groups in total. The van der Waals surface area contributed by atoms with Crippen LogP contribution in [-0.4, -0.2) is 28.8 Å². The first-order valence-electron chi connectivity index (χ1n) is 8.02. The highest BCUT2D eigenvalue weighted by atomic mass is 16.1. The molecule has 1 fully saturated rings. The lowest BCUT2D eigenvalue weighted by Crippen LogP contribution is -2.24. The maximum atomic E-state index is 12.3. The summed E-state index contributed by atoms with van der Waals surface area (Å²) in [7, 11) is 0. The molecular formula is C19H21N3O. The SMILES string of the molecule is Nc1nc(C(=O)C=CN2CCCCC2)ccc1-c1ccccc1. The Balaban J connectivity index is 1.74. The Morgan fingerprint density at radius 3 is 2.48 bits per heavy atom. The molecule has 1 aromatic heterocycles. The molecule has 0 bridgehead atoms. The Morgan fingerprint density at radius 2 is 1.78 bits per heavy atom. The molecule has 0 atom stereocenters. The van der Waals surface area contributed by atoms with E-state index in [2.05, 4.69) is 9.88 Å². The van der Waals surface area contributed by atoms with Crippen LogP contribution in [0, 0.1) is 0 Å². The number of carbonyl (C=O) groups excluding carboxylic acids is 1. The molecule has 0 amide bonds. The van der Waals surface area contributed by atoms with Gasteiger partial charge in [-0.3, -0.25) is 4.79 Å². The predicted octanol–water partition coefficient (Wildman–Crippen LogP) is 3.51. The first kappa shape index (κ1) is 15.3. The Hall–Kier alpha value is -2.62. The minimum Gasteiger partial charge on any atom is -0.383 e. The Bertz CT molecular complexity index is 704. The molecule has 3 rings (SSSR count). The molecule has 1 aliphatic heterocycles. The van der Waals surface area contributed by atoms with Crippen molar-refractivity contribution in [2.45, 2.75) is 19.3 Å². The van der Waals surface area contributed by atoms with Crippen molar-refractivity contribution < 1.29 is 4.79 Å². The van der Waals surface area contributed by atoms with Gasteiger partial charge in [-0.25, -0.2) is 4.98 Å². The van der Waals surface area contributed by atoms with Crippen LogP contribution in [0.3, 0.4) is 0 Å². The average molecular weight is 307 g/mol. The van der Waals surface area contributed by atoms with E-state index in [0.29, 0.717) is 11.5 Å². The summed E-state index contributed by atoms with van der Waals surface area (Å²) in [6.07, 6.45) is 7.13. The summed E-state index contributed by atoms with van der Waals surface area (Å²) in [5, 5.41) is 0. The van der Waals surface area contributed by atoms with Crippen molar-refractivity contribution in [1.29, 1.82) is 0 Å². The maximum absolute atomic E-state index is 12.3. The molecule has 4 nitrogen and oxygen atoms in total. The fraction of sp³-hybridized carbons (Fsp3) is 0.263. The van der Waals surface area contributed by atoms with Crippen molar-refractivity contribution in [3.63, 3.8) is 0 Å². The number of allylic oxidation sites excluding steroid dienone is 1. The number of hydrogen-bond donors (Lipinski definition) is 1. The minimum atomic E-state index is -0.109. The smallest absolute Gasteiger partial charge is 0.205 e. The number of ketones is 1. The maximum Gasteiger partial charge on any atom is 0.205 e. The molecule has 0 saturated carbocycles. The van der Waals surface area contributed by atoms with Crippen LogP contribution >= 0.6 is 0 Å². The first-order valence-corrected chi connectivity index (χ1v) is 8.02. The molecular weight excluding hydrogens is 286 g/mol. The van der Waals surface area contributed by atoms with Crippen LogP contribution in [0.15, 0.2) is 54.7 Å². The lowest BCUT2D eigenvalue weighted by molar-refractivity contribution is 0.104. The predicted molar refractivity (Wildman–Crippen MR) is 93.0 cm³/mol. The monoisotopic (exact) mass is 307 g/mol. The topological polar surface area (TPSA) is 59.2 Å². The number of nitrogens with two attached hydrogens (primary N) is 1. The largest absolute Gasteiger partial charge is 0.383 e. The third-order valence-corrected chi connectivity index (χ3v) is 4.09. The molecule has 1 aliphatic rings. The zero-order chi connectivity index (χ0) is 16.1. The van der Waals surface area contributed by atoms with Gasteiger partial charge in [0.25, 0.3) is 0 Å². The molecule has 2 heterocycles. The van der Waals surface area contributed by atoms with Gasteiger partial charge < -0.3 is 10.6 Å². The van der Waals surface area contributed by atoms with Gasteiger partial charge in [-0.1, -0.05) is 30.3 Å². The van der Waals surface area contributed by atoms with Crippen LogP contribution in [0.25, 0.3) is 11.1 Å². The highest BCUT2D eigenvalue weighted by Crippen LogP contribution is 2.24. The number of anilines is 1. The highest BCUT2D eigenvalue weighted by molar-refractivity contribution is 6.03. The molecule has 1 saturated heterocycles. The van der Waals surface area contributed by atoms with E-state index in [1.54, 1.807) is 12.1 Å². The Kier molecular flexibility index (Phi) is 4.71. The van der Waals surface area contributed by atoms with Crippen LogP contribution in [0.4, 0.5) is 5.82 Å². The molecule has 118 valence electrons. The van der Waals surface area contributed by atoms with Crippen molar-refractivity contribution in [1.82, 2.24) is 9.88 Å². The number of hydrogen-bond acceptors (Lipinski definition) is 4. The van der Waals surface area contributed by atoms with Crippen molar-refractivity contribution in [3.8, 4) is 11.1 Å². The molecule has 1 aromatic carbocycles. The minimum absolute atomic E-state index is 0.109. The second-order valence-electron chi connectivity index (χ2n) is 5.77. The molecule has 23 heavy (non-hydrogen) atoms. The Labute approximate surface area is 136 Å². The van der Waals surface area contributed by atoms with Gasteiger partial charge in [0.1, 0.15) is 11.5 Å². The number of likely N-dealkylation sites (tertiary alicyclic amines) is 1. The number of nitrogen functional groups attached to an aromatic ring is 1. The van der Waals surface area contributed by atoms with E-state index in [1.807, 2.05) is 42.6 Å². The second-order valence-corrected chi connectivity index (χ2v) is 5.77. The molecule has 0 aliphatic carbocycles. The third kappa shape index (κ3) is 3.77. The summed E-state index contributed by atoms with van der Waals surface area (Å²) in [5.74, 6) is 0.273. The van der Waals surface area contributed by atoms with Gasteiger partial charge in [0.05, 0.1) is 0 Å². The number of benzene rings is 1. The first-order chi connectivity index (χ1) is 11.2. The summed E-state index contributed by atoms with van der Waals surface area (Å²) in [6, 6.07) is 13.4. The third-order valence-electron chi connectivity index (χ3n) is 4.09. The summed E-state index contributed by atoms with van der Waals surface area (Å²) in [6.45, 7) is 2.04. The number of piperidine rings is 1. The van der Waals surface area contributed by atoms with E-state index in [4.69, 9.17) is 5.73 Å². The van der Waals surface area contributed by atoms with Gasteiger partial charge in [-0.05, 0) is 37.0 Å². The molecule has 0 radical (unpaired) electrons. The standard InChI is InChI=1S/C19H21N3O/c20-19-16(15-7-3-1-4-8-15)9-10-17(21-19)18(23)11-14-22-12-5-2-6-13-22/h1,3-4,7-11,14H,2,5-6,12-13H2,(H2,20,21). The van der Waals surface area contributed by atoms with Gasteiger partial charge in [0.15, 0.2) is 0 Å². The normalized spacial score (nSPS) is 15.0. The van der Waals surface area contributed by atoms with Crippen molar-refractivity contribution in [3.05, 3.63) is 60.4 Å². The molecule has 0 unspecified atom stereocenters. The van der Waals surface area contributed by atoms with E-state index in [-0.39, 0.29) is 5.78 Å². The van der Waals surface area contributed by atoms with Crippen LogP contribution in [0.1, 0.15) is 29.8 Å². The van der Waals surface area contributed by atoms with Crippen molar-refractivity contribution >= 4 is 11.6 Å². The van der Waals surface area contributed by atoms with Gasteiger partial charge in [-0.15, -0.1) is 0 Å². The lowest BCUT2D eigenvalue weighted by Gasteiger charge is -2.24. The molecule has 0 spiro atoms. The molecule has 4 heteroatoms. The van der Waals surface area contributed by atoms with Crippen molar-refractivity contribution in [2.24, 2.45) is 0 Å². The number of nitrogens with zero attached hydrogens (tertiary/aromatic N) is 2. The van der Waals surface area contributed by atoms with E-state index in [0.717, 1.165) is 24.2 Å². The van der Waals surface area contributed by atoms with Gasteiger partial charge >= 0.3 is 0 Å². The number of aromatic nitrogens is 1. The lowest BCUT2D eigenvalue weighted by atomic mass is 10.1. The zero-order valence-electron chi connectivity index (χ0n) is 13.1. The average Bonchev–Trinajstić information content (AvgIpc) is 2.61. The Morgan fingerprint density at radius 1 is 1.04 bits per heavy atom. The highest BCUT2D eigenvalue weighted by Gasteiger charge is 2.10. The fourth-order valence-corrected chi connectivity index (χ4v) is 2.80. The fourth-order valence-electron chi connectivity index (χ4n) is 2.80. The van der Waals surface area contributed by atoms with Crippen LogP contribution in [0.2, 0.25) is 0 Å². The van der Waals surface area contributed by atoms with Crippen LogP contribution < -0.4 is 5.73 Å².